The third-order valence-electron chi connectivity index (χ3n) is 2.83. The normalized spacial score (nSPS) is 10.8. The Morgan fingerprint density at radius 2 is 2.05 bits per heavy atom. The van der Waals surface area contributed by atoms with Crippen molar-refractivity contribution < 1.29 is 4.39 Å². The summed E-state index contributed by atoms with van der Waals surface area (Å²) in [4.78, 5) is 10.9. The van der Waals surface area contributed by atoms with Crippen molar-refractivity contribution in [3.05, 3.63) is 41.0 Å². The molecule has 0 saturated carbocycles. The third kappa shape index (κ3) is 2.42. The van der Waals surface area contributed by atoms with Crippen LogP contribution in [-0.2, 0) is 0 Å². The molecular weight excluding hydrogens is 275 g/mol. The molecule has 0 fully saturated rings. The summed E-state index contributed by atoms with van der Waals surface area (Å²) in [6.45, 7) is 2.03. The number of fused-ring (bicyclic) bond motifs is 1. The highest BCUT2D eigenvalue weighted by atomic mass is 32.1. The second-order valence-electron chi connectivity index (χ2n) is 4.36. The molecule has 0 aliphatic carbocycles. The van der Waals surface area contributed by atoms with Crippen LogP contribution in [0.4, 0.5) is 21.8 Å². The van der Waals surface area contributed by atoms with E-state index in [4.69, 9.17) is 0 Å². The molecule has 6 heteroatoms. The van der Waals surface area contributed by atoms with E-state index in [1.54, 1.807) is 30.5 Å². The predicted molar refractivity (Wildman–Crippen MR) is 81.4 cm³/mol. The highest BCUT2D eigenvalue weighted by molar-refractivity contribution is 7.18. The Morgan fingerprint density at radius 1 is 1.20 bits per heavy atom. The third-order valence-corrected chi connectivity index (χ3v) is 3.77. The van der Waals surface area contributed by atoms with Crippen molar-refractivity contribution in [3.63, 3.8) is 0 Å². The second-order valence-corrected chi connectivity index (χ2v) is 5.59. The van der Waals surface area contributed by atoms with E-state index in [2.05, 4.69) is 20.6 Å². The van der Waals surface area contributed by atoms with Crippen LogP contribution in [0, 0.1) is 12.7 Å². The highest BCUT2D eigenvalue weighted by Gasteiger charge is 2.10. The standard InChI is InChI=1S/C14H13FN4S/c1-8-6-11-12(17-10-5-3-4-9(15)7-10)18-14(16-2)19-13(11)20-8/h3-7H,1-2H3,(H2,16,17,18,19). The second kappa shape index (κ2) is 5.05. The fourth-order valence-corrected chi connectivity index (χ4v) is 2.83. The first-order valence-electron chi connectivity index (χ1n) is 6.14. The molecular formula is C14H13FN4S. The van der Waals surface area contributed by atoms with Gasteiger partial charge in [0.05, 0.1) is 5.39 Å². The first-order valence-corrected chi connectivity index (χ1v) is 6.96. The highest BCUT2D eigenvalue weighted by Crippen LogP contribution is 2.31. The van der Waals surface area contributed by atoms with Crippen LogP contribution in [0.2, 0.25) is 0 Å². The van der Waals surface area contributed by atoms with Crippen molar-refractivity contribution in [2.75, 3.05) is 17.7 Å². The van der Waals surface area contributed by atoms with E-state index in [9.17, 15) is 4.39 Å². The van der Waals surface area contributed by atoms with Crippen molar-refractivity contribution in [1.82, 2.24) is 9.97 Å². The van der Waals surface area contributed by atoms with Gasteiger partial charge in [0.15, 0.2) is 0 Å². The zero-order chi connectivity index (χ0) is 14.1. The summed E-state index contributed by atoms with van der Waals surface area (Å²) < 4.78 is 13.3. The molecule has 0 aliphatic rings. The molecule has 3 aromatic rings. The summed E-state index contributed by atoms with van der Waals surface area (Å²) in [5.41, 5.74) is 0.663. The van der Waals surface area contributed by atoms with Gasteiger partial charge < -0.3 is 10.6 Å². The number of nitrogens with one attached hydrogen (secondary N) is 2. The van der Waals surface area contributed by atoms with E-state index < -0.39 is 0 Å². The predicted octanol–water partition coefficient (Wildman–Crippen LogP) is 3.92. The summed E-state index contributed by atoms with van der Waals surface area (Å²) in [5.74, 6) is 0.934. The van der Waals surface area contributed by atoms with E-state index in [-0.39, 0.29) is 5.82 Å². The molecule has 1 aromatic carbocycles. The number of benzene rings is 1. The molecule has 0 saturated heterocycles. The summed E-state index contributed by atoms with van der Waals surface area (Å²) in [7, 11) is 1.77. The Kier molecular flexibility index (Phi) is 3.23. The Morgan fingerprint density at radius 3 is 2.80 bits per heavy atom. The van der Waals surface area contributed by atoms with Gasteiger partial charge in [-0.3, -0.25) is 0 Å². The summed E-state index contributed by atoms with van der Waals surface area (Å²) >= 11 is 1.60. The lowest BCUT2D eigenvalue weighted by Gasteiger charge is -2.08. The van der Waals surface area contributed by atoms with Crippen molar-refractivity contribution in [2.45, 2.75) is 6.92 Å². The Bertz CT molecular complexity index is 769. The summed E-state index contributed by atoms with van der Waals surface area (Å²) in [6, 6.07) is 8.34. The number of aromatic nitrogens is 2. The maximum Gasteiger partial charge on any atom is 0.225 e. The van der Waals surface area contributed by atoms with Crippen LogP contribution in [0.15, 0.2) is 30.3 Å². The smallest absolute Gasteiger partial charge is 0.225 e. The van der Waals surface area contributed by atoms with E-state index in [1.165, 1.54) is 12.1 Å². The molecule has 20 heavy (non-hydrogen) atoms. The van der Waals surface area contributed by atoms with Gasteiger partial charge in [-0.15, -0.1) is 11.3 Å². The van der Waals surface area contributed by atoms with Crippen molar-refractivity contribution in [2.24, 2.45) is 0 Å². The lowest BCUT2D eigenvalue weighted by molar-refractivity contribution is 0.628. The lowest BCUT2D eigenvalue weighted by Crippen LogP contribution is -2.00. The van der Waals surface area contributed by atoms with E-state index in [0.29, 0.717) is 17.5 Å². The number of rotatable bonds is 3. The first-order chi connectivity index (χ1) is 9.65. The monoisotopic (exact) mass is 288 g/mol. The topological polar surface area (TPSA) is 49.8 Å². The molecule has 0 unspecified atom stereocenters. The van der Waals surface area contributed by atoms with Gasteiger partial charge >= 0.3 is 0 Å². The molecule has 0 spiro atoms. The zero-order valence-electron chi connectivity index (χ0n) is 11.1. The van der Waals surface area contributed by atoms with Gasteiger partial charge in [-0.1, -0.05) is 6.07 Å². The maximum absolute atomic E-state index is 13.3. The van der Waals surface area contributed by atoms with Crippen LogP contribution in [0.3, 0.4) is 0 Å². The minimum absolute atomic E-state index is 0.282. The van der Waals surface area contributed by atoms with E-state index >= 15 is 0 Å². The quantitative estimate of drug-likeness (QED) is 0.767. The first kappa shape index (κ1) is 12.8. The number of halogens is 1. The average molecular weight is 288 g/mol. The summed E-state index contributed by atoms with van der Waals surface area (Å²) in [5, 5.41) is 7.03. The van der Waals surface area contributed by atoms with Gasteiger partial charge in [-0.25, -0.2) is 9.37 Å². The number of anilines is 3. The van der Waals surface area contributed by atoms with Crippen LogP contribution < -0.4 is 10.6 Å². The molecule has 0 amide bonds. The van der Waals surface area contributed by atoms with Crippen LogP contribution in [0.25, 0.3) is 10.2 Å². The Hall–Kier alpha value is -2.21. The zero-order valence-corrected chi connectivity index (χ0v) is 11.9. The maximum atomic E-state index is 13.3. The van der Waals surface area contributed by atoms with Gasteiger partial charge in [-0.2, -0.15) is 4.98 Å². The molecule has 2 aromatic heterocycles. The summed E-state index contributed by atoms with van der Waals surface area (Å²) in [6.07, 6.45) is 0. The average Bonchev–Trinajstić information content (AvgIpc) is 2.79. The molecule has 2 N–H and O–H groups in total. The van der Waals surface area contributed by atoms with E-state index in [1.807, 2.05) is 13.0 Å². The van der Waals surface area contributed by atoms with Crippen LogP contribution >= 0.6 is 11.3 Å². The molecule has 4 nitrogen and oxygen atoms in total. The van der Waals surface area contributed by atoms with Crippen molar-refractivity contribution in [3.8, 4) is 0 Å². The Labute approximate surface area is 119 Å². The molecule has 0 aliphatic heterocycles. The molecule has 0 atom stereocenters. The molecule has 3 rings (SSSR count). The lowest BCUT2D eigenvalue weighted by atomic mass is 10.3. The van der Waals surface area contributed by atoms with Crippen LogP contribution in [0.1, 0.15) is 4.88 Å². The molecule has 102 valence electrons. The largest absolute Gasteiger partial charge is 0.357 e. The molecule has 2 heterocycles. The van der Waals surface area contributed by atoms with Crippen LogP contribution in [0.5, 0.6) is 0 Å². The van der Waals surface area contributed by atoms with E-state index in [0.717, 1.165) is 15.1 Å². The van der Waals surface area contributed by atoms with Gasteiger partial charge in [0.25, 0.3) is 0 Å². The van der Waals surface area contributed by atoms with Gasteiger partial charge in [0.1, 0.15) is 16.5 Å². The molecule has 0 bridgehead atoms. The van der Waals surface area contributed by atoms with Gasteiger partial charge in [0, 0.05) is 17.6 Å². The fraction of sp³-hybridized carbons (Fsp3) is 0.143. The van der Waals surface area contributed by atoms with Gasteiger partial charge in [0.2, 0.25) is 5.95 Å². The minimum atomic E-state index is -0.282. The molecule has 0 radical (unpaired) electrons. The minimum Gasteiger partial charge on any atom is -0.357 e. The number of aryl methyl sites for hydroxylation is 1. The fourth-order valence-electron chi connectivity index (χ4n) is 1.95. The Balaban J connectivity index is 2.09. The van der Waals surface area contributed by atoms with Crippen LogP contribution in [-0.4, -0.2) is 17.0 Å². The SMILES string of the molecule is CNc1nc(Nc2cccc(F)c2)c2cc(C)sc2n1. The van der Waals surface area contributed by atoms with Crippen molar-refractivity contribution >= 4 is 39.0 Å². The number of nitrogens with zero attached hydrogens (tertiary/aromatic N) is 2. The van der Waals surface area contributed by atoms with Gasteiger partial charge in [-0.05, 0) is 31.2 Å². The van der Waals surface area contributed by atoms with Crippen molar-refractivity contribution in [1.29, 1.82) is 0 Å². The number of hydrogen-bond donors (Lipinski definition) is 2. The number of thiophene rings is 1. The number of hydrogen-bond acceptors (Lipinski definition) is 5.